The van der Waals surface area contributed by atoms with Gasteiger partial charge in [0.15, 0.2) is 0 Å². The Morgan fingerprint density at radius 3 is 3.12 bits per heavy atom. The summed E-state index contributed by atoms with van der Waals surface area (Å²) in [6, 6.07) is 7.98. The Morgan fingerprint density at radius 2 is 2.36 bits per heavy atom. The van der Waals surface area contributed by atoms with Crippen LogP contribution in [0.5, 0.6) is 5.75 Å². The van der Waals surface area contributed by atoms with Crippen molar-refractivity contribution in [1.29, 1.82) is 0 Å². The molecule has 0 aliphatic carbocycles. The van der Waals surface area contributed by atoms with E-state index in [0.717, 1.165) is 24.2 Å². The first-order valence-corrected chi connectivity index (χ1v) is 9.10. The number of nitrogens with zero attached hydrogens (tertiary/aromatic N) is 1. The Labute approximate surface area is 149 Å². The third kappa shape index (κ3) is 4.64. The highest BCUT2D eigenvalue weighted by molar-refractivity contribution is 5.74. The van der Waals surface area contributed by atoms with Gasteiger partial charge in [0.2, 0.25) is 0 Å². The molecule has 2 heterocycles. The van der Waals surface area contributed by atoms with Gasteiger partial charge in [0.05, 0.1) is 25.9 Å². The molecule has 0 radical (unpaired) electrons. The molecule has 2 aliphatic heterocycles. The molecule has 3 rings (SSSR count). The van der Waals surface area contributed by atoms with E-state index >= 15 is 0 Å². The molecule has 0 bridgehead atoms. The molecule has 1 N–H and O–H groups in total. The van der Waals surface area contributed by atoms with E-state index in [-0.39, 0.29) is 17.7 Å². The van der Waals surface area contributed by atoms with Crippen molar-refractivity contribution in [2.45, 2.75) is 38.4 Å². The first-order chi connectivity index (χ1) is 12.1. The summed E-state index contributed by atoms with van der Waals surface area (Å²) < 4.78 is 17.1. The van der Waals surface area contributed by atoms with E-state index in [9.17, 15) is 4.79 Å². The fourth-order valence-corrected chi connectivity index (χ4v) is 3.57. The zero-order valence-electron chi connectivity index (χ0n) is 15.1. The van der Waals surface area contributed by atoms with Crippen LogP contribution in [-0.2, 0) is 15.9 Å². The van der Waals surface area contributed by atoms with Crippen LogP contribution in [0.2, 0.25) is 0 Å². The van der Waals surface area contributed by atoms with Crippen molar-refractivity contribution in [2.24, 2.45) is 0 Å². The minimum absolute atomic E-state index is 0.0256. The number of nitrogens with one attached hydrogen (secondary N) is 1. The maximum Gasteiger partial charge on any atom is 0.317 e. The molecule has 2 amide bonds. The van der Waals surface area contributed by atoms with Crippen LogP contribution in [0.15, 0.2) is 24.3 Å². The lowest BCUT2D eigenvalue weighted by atomic mass is 9.99. The Hall–Kier alpha value is -1.79. The van der Waals surface area contributed by atoms with Gasteiger partial charge in [0.1, 0.15) is 11.4 Å². The van der Waals surface area contributed by atoms with Gasteiger partial charge in [-0.15, -0.1) is 0 Å². The van der Waals surface area contributed by atoms with Gasteiger partial charge in [0, 0.05) is 26.1 Å². The molecule has 0 aromatic heterocycles. The number of ether oxygens (including phenoxy) is 3. The number of rotatable bonds is 5. The summed E-state index contributed by atoms with van der Waals surface area (Å²) in [4.78, 5) is 14.4. The van der Waals surface area contributed by atoms with E-state index in [1.165, 1.54) is 0 Å². The van der Waals surface area contributed by atoms with Gasteiger partial charge in [-0.3, -0.25) is 0 Å². The summed E-state index contributed by atoms with van der Waals surface area (Å²) in [5.41, 5.74) is 0.836. The number of amides is 2. The minimum atomic E-state index is -0.319. The molecule has 6 heteroatoms. The van der Waals surface area contributed by atoms with Gasteiger partial charge in [-0.05, 0) is 38.0 Å². The normalized spacial score (nSPS) is 26.0. The molecule has 2 aliphatic rings. The summed E-state index contributed by atoms with van der Waals surface area (Å²) >= 11 is 0. The van der Waals surface area contributed by atoms with Gasteiger partial charge in [-0.2, -0.15) is 0 Å². The summed E-state index contributed by atoms with van der Waals surface area (Å²) in [7, 11) is 0. The average molecular weight is 348 g/mol. The fourth-order valence-electron chi connectivity index (χ4n) is 3.57. The summed E-state index contributed by atoms with van der Waals surface area (Å²) in [6.45, 7) is 7.74. The van der Waals surface area contributed by atoms with Crippen molar-refractivity contribution in [3.8, 4) is 5.75 Å². The third-order valence-corrected chi connectivity index (χ3v) is 4.66. The molecular weight excluding hydrogens is 320 g/mol. The highest BCUT2D eigenvalue weighted by Gasteiger charge is 2.43. The molecule has 6 nitrogen and oxygen atoms in total. The van der Waals surface area contributed by atoms with Crippen LogP contribution in [0.3, 0.4) is 0 Å². The molecule has 2 atom stereocenters. The number of hydrogen-bond acceptors (Lipinski definition) is 4. The van der Waals surface area contributed by atoms with E-state index in [4.69, 9.17) is 14.2 Å². The van der Waals surface area contributed by atoms with Crippen LogP contribution in [0, 0.1) is 0 Å². The van der Waals surface area contributed by atoms with Crippen molar-refractivity contribution in [2.75, 3.05) is 39.5 Å². The quantitative estimate of drug-likeness (QED) is 0.886. The maximum absolute atomic E-state index is 12.5. The van der Waals surface area contributed by atoms with Crippen LogP contribution < -0.4 is 10.1 Å². The molecular formula is C19H28N2O4. The number of carbonyl (C=O) groups is 1. The third-order valence-electron chi connectivity index (χ3n) is 4.66. The van der Waals surface area contributed by atoms with Gasteiger partial charge >= 0.3 is 6.03 Å². The Morgan fingerprint density at radius 1 is 1.48 bits per heavy atom. The lowest BCUT2D eigenvalue weighted by Gasteiger charge is -2.42. The van der Waals surface area contributed by atoms with Crippen LogP contribution in [0.25, 0.3) is 0 Å². The zero-order valence-corrected chi connectivity index (χ0v) is 15.1. The zero-order chi connectivity index (χ0) is 17.7. The number of morpholine rings is 1. The molecule has 0 saturated carbocycles. The van der Waals surface area contributed by atoms with Crippen LogP contribution >= 0.6 is 0 Å². The van der Waals surface area contributed by atoms with Gasteiger partial charge in [0.25, 0.3) is 0 Å². The van der Waals surface area contributed by atoms with E-state index in [1.807, 2.05) is 36.9 Å². The van der Waals surface area contributed by atoms with E-state index in [0.29, 0.717) is 39.5 Å². The van der Waals surface area contributed by atoms with Crippen molar-refractivity contribution >= 4 is 6.03 Å². The Bertz CT molecular complexity index is 587. The largest absolute Gasteiger partial charge is 0.494 e. The lowest BCUT2D eigenvalue weighted by molar-refractivity contribution is -0.137. The fraction of sp³-hybridized carbons (Fsp3) is 0.632. The van der Waals surface area contributed by atoms with E-state index in [2.05, 4.69) is 11.4 Å². The highest BCUT2D eigenvalue weighted by Crippen LogP contribution is 2.29. The van der Waals surface area contributed by atoms with Crippen LogP contribution in [0.1, 0.15) is 25.8 Å². The summed E-state index contributed by atoms with van der Waals surface area (Å²) in [5.74, 6) is 0.872. The average Bonchev–Trinajstić information content (AvgIpc) is 3.02. The number of urea groups is 1. The second-order valence-corrected chi connectivity index (χ2v) is 6.86. The molecule has 1 aromatic carbocycles. The number of carbonyl (C=O) groups excluding carboxylic acids is 1. The van der Waals surface area contributed by atoms with Gasteiger partial charge < -0.3 is 24.4 Å². The molecule has 1 spiro atoms. The van der Waals surface area contributed by atoms with Crippen molar-refractivity contribution in [3.63, 3.8) is 0 Å². The van der Waals surface area contributed by atoms with Crippen LogP contribution in [-0.4, -0.2) is 62.1 Å². The first kappa shape index (κ1) is 18.0. The molecule has 2 fully saturated rings. The van der Waals surface area contributed by atoms with Gasteiger partial charge in [-0.1, -0.05) is 12.1 Å². The second-order valence-electron chi connectivity index (χ2n) is 6.86. The molecule has 1 aromatic rings. The maximum atomic E-state index is 12.5. The van der Waals surface area contributed by atoms with Crippen molar-refractivity contribution in [1.82, 2.24) is 10.2 Å². The predicted molar refractivity (Wildman–Crippen MR) is 95.0 cm³/mol. The Kier molecular flexibility index (Phi) is 5.81. The summed E-state index contributed by atoms with van der Waals surface area (Å²) in [6.07, 6.45) is 1.66. The molecule has 25 heavy (non-hydrogen) atoms. The van der Waals surface area contributed by atoms with Crippen molar-refractivity contribution < 1.29 is 19.0 Å². The van der Waals surface area contributed by atoms with E-state index < -0.39 is 0 Å². The second kappa shape index (κ2) is 8.06. The highest BCUT2D eigenvalue weighted by atomic mass is 16.6. The topological polar surface area (TPSA) is 60.0 Å². The minimum Gasteiger partial charge on any atom is -0.494 e. The predicted octanol–water partition coefficient (Wildman–Crippen LogP) is 2.22. The Balaban J connectivity index is 1.49. The number of hydrogen-bond donors (Lipinski definition) is 1. The lowest BCUT2D eigenvalue weighted by Crippen LogP contribution is -2.59. The smallest absolute Gasteiger partial charge is 0.317 e. The van der Waals surface area contributed by atoms with Gasteiger partial charge in [-0.25, -0.2) is 4.79 Å². The molecule has 138 valence electrons. The van der Waals surface area contributed by atoms with Crippen molar-refractivity contribution in [3.05, 3.63) is 29.8 Å². The molecule has 0 unspecified atom stereocenters. The van der Waals surface area contributed by atoms with E-state index in [1.54, 1.807) is 0 Å². The van der Waals surface area contributed by atoms with Crippen LogP contribution in [0.4, 0.5) is 4.79 Å². The standard InChI is InChI=1S/C19H28N2O4/c1-3-24-17-6-4-5-16(11-17)7-9-20-18(22)21-12-15(2)25-19(13-21)8-10-23-14-19/h4-6,11,15H,3,7-10,12-14H2,1-2H3,(H,20,22)/t15-,19+/m1/s1. The molecule has 2 saturated heterocycles. The first-order valence-electron chi connectivity index (χ1n) is 9.10. The summed E-state index contributed by atoms with van der Waals surface area (Å²) in [5, 5.41) is 3.03. The number of benzene rings is 1. The monoisotopic (exact) mass is 348 g/mol. The SMILES string of the molecule is CCOc1cccc(CCNC(=O)N2C[C@@H](C)O[C@@]3(CCOC3)C2)c1.